The number of rotatable bonds is 9. The summed E-state index contributed by atoms with van der Waals surface area (Å²) in [6.45, 7) is 6.57. The first-order valence-electron chi connectivity index (χ1n) is 11.1. The highest BCUT2D eigenvalue weighted by Gasteiger charge is 2.34. The lowest BCUT2D eigenvalue weighted by Gasteiger charge is -2.34. The molecule has 174 valence electrons. The van der Waals surface area contributed by atoms with Crippen molar-refractivity contribution in [1.82, 2.24) is 4.90 Å². The van der Waals surface area contributed by atoms with Gasteiger partial charge in [-0.2, -0.15) is 0 Å². The zero-order chi connectivity index (χ0) is 24.0. The van der Waals surface area contributed by atoms with Gasteiger partial charge in [0.15, 0.2) is 0 Å². The van der Waals surface area contributed by atoms with E-state index in [0.717, 1.165) is 28.5 Å². The Hall–Kier alpha value is -3.12. The third kappa shape index (κ3) is 6.23. The van der Waals surface area contributed by atoms with Gasteiger partial charge in [0.05, 0.1) is 11.9 Å². The molecule has 1 amide bonds. The van der Waals surface area contributed by atoms with Crippen LogP contribution in [0.15, 0.2) is 78.9 Å². The van der Waals surface area contributed by atoms with E-state index < -0.39 is 16.1 Å². The Bertz CT molecular complexity index is 1140. The second kappa shape index (κ2) is 10.7. The molecule has 0 spiro atoms. The number of amides is 1. The highest BCUT2D eigenvalue weighted by atomic mass is 32.2. The maximum atomic E-state index is 13.9. The molecule has 3 aromatic rings. The molecule has 3 aromatic carbocycles. The van der Waals surface area contributed by atoms with E-state index in [-0.39, 0.29) is 5.91 Å². The molecule has 0 bridgehead atoms. The first-order chi connectivity index (χ1) is 15.7. The van der Waals surface area contributed by atoms with Gasteiger partial charge < -0.3 is 4.90 Å². The first kappa shape index (κ1) is 24.5. The fraction of sp³-hybridized carbons (Fsp3) is 0.296. The molecule has 5 nitrogen and oxygen atoms in total. The summed E-state index contributed by atoms with van der Waals surface area (Å²) in [5.41, 5.74) is 4.55. The normalized spacial score (nSPS) is 12.2. The number of carbonyl (C=O) groups is 1. The molecule has 0 heterocycles. The standard InChI is InChI=1S/C27H32N2O3S/c1-5-26(29(33(4,31)32)25-17-16-21(2)22(3)18-25)27(30)28(19-23-12-8-6-9-13-23)20-24-14-10-7-11-15-24/h6-18,26H,5,19-20H2,1-4H3. The molecule has 3 rings (SSSR count). The zero-order valence-corrected chi connectivity index (χ0v) is 20.5. The molecular weight excluding hydrogens is 432 g/mol. The maximum absolute atomic E-state index is 13.9. The van der Waals surface area contributed by atoms with Crippen LogP contribution in [0, 0.1) is 13.8 Å². The SMILES string of the molecule is CCC(C(=O)N(Cc1ccccc1)Cc1ccccc1)N(c1ccc(C)c(C)c1)S(C)(=O)=O. The lowest BCUT2D eigenvalue weighted by Crippen LogP contribution is -2.50. The van der Waals surface area contributed by atoms with Gasteiger partial charge in [-0.1, -0.05) is 73.7 Å². The quantitative estimate of drug-likeness (QED) is 0.444. The fourth-order valence-corrected chi connectivity index (χ4v) is 5.13. The van der Waals surface area contributed by atoms with Crippen molar-refractivity contribution in [3.05, 3.63) is 101 Å². The smallest absolute Gasteiger partial charge is 0.247 e. The third-order valence-electron chi connectivity index (χ3n) is 5.80. The molecule has 33 heavy (non-hydrogen) atoms. The first-order valence-corrected chi connectivity index (χ1v) is 13.0. The van der Waals surface area contributed by atoms with Crippen molar-refractivity contribution in [3.8, 4) is 0 Å². The highest BCUT2D eigenvalue weighted by Crippen LogP contribution is 2.26. The van der Waals surface area contributed by atoms with E-state index in [9.17, 15) is 13.2 Å². The molecule has 6 heteroatoms. The minimum Gasteiger partial charge on any atom is -0.332 e. The number of hydrogen-bond acceptors (Lipinski definition) is 3. The molecule has 0 aliphatic carbocycles. The van der Waals surface area contributed by atoms with Gasteiger partial charge in [-0.15, -0.1) is 0 Å². The maximum Gasteiger partial charge on any atom is 0.247 e. The predicted octanol–water partition coefficient (Wildman–Crippen LogP) is 5.08. The van der Waals surface area contributed by atoms with Crippen LogP contribution in [0.3, 0.4) is 0 Å². The van der Waals surface area contributed by atoms with Crippen LogP contribution in [0.1, 0.15) is 35.6 Å². The van der Waals surface area contributed by atoms with Crippen molar-refractivity contribution in [2.45, 2.75) is 46.3 Å². The summed E-state index contributed by atoms with van der Waals surface area (Å²) in [4.78, 5) is 15.7. The Morgan fingerprint density at radius 2 is 1.33 bits per heavy atom. The Kier molecular flexibility index (Phi) is 7.92. The van der Waals surface area contributed by atoms with E-state index in [4.69, 9.17) is 0 Å². The number of nitrogens with zero attached hydrogens (tertiary/aromatic N) is 2. The van der Waals surface area contributed by atoms with Crippen molar-refractivity contribution in [2.24, 2.45) is 0 Å². The van der Waals surface area contributed by atoms with Crippen molar-refractivity contribution in [1.29, 1.82) is 0 Å². The van der Waals surface area contributed by atoms with Gasteiger partial charge in [-0.05, 0) is 54.7 Å². The largest absolute Gasteiger partial charge is 0.332 e. The van der Waals surface area contributed by atoms with E-state index in [1.54, 1.807) is 11.0 Å². The van der Waals surface area contributed by atoms with Gasteiger partial charge in [-0.25, -0.2) is 8.42 Å². The van der Waals surface area contributed by atoms with Crippen molar-refractivity contribution in [3.63, 3.8) is 0 Å². The van der Waals surface area contributed by atoms with E-state index in [1.807, 2.05) is 93.6 Å². The topological polar surface area (TPSA) is 57.7 Å². The summed E-state index contributed by atoms with van der Waals surface area (Å²) in [7, 11) is -3.70. The average Bonchev–Trinajstić information content (AvgIpc) is 2.79. The zero-order valence-electron chi connectivity index (χ0n) is 19.7. The number of benzene rings is 3. The van der Waals surface area contributed by atoms with Gasteiger partial charge in [-0.3, -0.25) is 9.10 Å². The van der Waals surface area contributed by atoms with Gasteiger partial charge in [0, 0.05) is 13.1 Å². The second-order valence-electron chi connectivity index (χ2n) is 8.42. The van der Waals surface area contributed by atoms with Crippen molar-refractivity contribution < 1.29 is 13.2 Å². The van der Waals surface area contributed by atoms with Gasteiger partial charge >= 0.3 is 0 Å². The van der Waals surface area contributed by atoms with Crippen LogP contribution in [0.25, 0.3) is 0 Å². The second-order valence-corrected chi connectivity index (χ2v) is 10.3. The Morgan fingerprint density at radius 3 is 1.76 bits per heavy atom. The molecule has 1 atom stereocenters. The van der Waals surface area contributed by atoms with Crippen LogP contribution >= 0.6 is 0 Å². The van der Waals surface area contributed by atoms with Crippen LogP contribution < -0.4 is 4.31 Å². The van der Waals surface area contributed by atoms with Crippen molar-refractivity contribution >= 4 is 21.6 Å². The number of carbonyl (C=O) groups excluding carboxylic acids is 1. The van der Waals surface area contributed by atoms with Gasteiger partial charge in [0.25, 0.3) is 0 Å². The van der Waals surface area contributed by atoms with E-state index >= 15 is 0 Å². The number of anilines is 1. The van der Waals surface area contributed by atoms with Crippen LogP contribution in [0.5, 0.6) is 0 Å². The number of hydrogen-bond donors (Lipinski definition) is 0. The summed E-state index contributed by atoms with van der Waals surface area (Å²) in [6.07, 6.45) is 1.52. The Balaban J connectivity index is 2.01. The molecule has 0 aliphatic rings. The minimum atomic E-state index is -3.70. The van der Waals surface area contributed by atoms with E-state index in [2.05, 4.69) is 0 Å². The fourth-order valence-electron chi connectivity index (χ4n) is 3.94. The monoisotopic (exact) mass is 464 g/mol. The van der Waals surface area contributed by atoms with Crippen LogP contribution in [0.4, 0.5) is 5.69 Å². The van der Waals surface area contributed by atoms with Crippen LogP contribution in [-0.4, -0.2) is 31.5 Å². The minimum absolute atomic E-state index is 0.214. The summed E-state index contributed by atoms with van der Waals surface area (Å²) in [5.74, 6) is -0.214. The molecule has 0 aliphatic heterocycles. The third-order valence-corrected chi connectivity index (χ3v) is 6.98. The Morgan fingerprint density at radius 1 is 0.818 bits per heavy atom. The lowest BCUT2D eigenvalue weighted by molar-refractivity contribution is -0.133. The average molecular weight is 465 g/mol. The molecule has 1 unspecified atom stereocenters. The summed E-state index contributed by atoms with van der Waals surface area (Å²) >= 11 is 0. The van der Waals surface area contributed by atoms with Crippen LogP contribution in [0.2, 0.25) is 0 Å². The van der Waals surface area contributed by atoms with E-state index in [1.165, 1.54) is 4.31 Å². The molecule has 0 radical (unpaired) electrons. The summed E-state index contributed by atoms with van der Waals surface area (Å²) in [6, 6.07) is 24.2. The Labute approximate surface area is 197 Å². The molecule has 0 fully saturated rings. The van der Waals surface area contributed by atoms with Crippen LogP contribution in [-0.2, 0) is 27.9 Å². The lowest BCUT2D eigenvalue weighted by atomic mass is 10.1. The van der Waals surface area contributed by atoms with Gasteiger partial charge in [0.1, 0.15) is 6.04 Å². The molecular formula is C27H32N2O3S. The summed E-state index contributed by atoms with van der Waals surface area (Å²) < 4.78 is 27.1. The summed E-state index contributed by atoms with van der Waals surface area (Å²) in [5, 5.41) is 0. The molecule has 0 saturated heterocycles. The van der Waals surface area contributed by atoms with Gasteiger partial charge in [0.2, 0.25) is 15.9 Å². The predicted molar refractivity (Wildman–Crippen MR) is 134 cm³/mol. The highest BCUT2D eigenvalue weighted by molar-refractivity contribution is 7.92. The number of sulfonamides is 1. The van der Waals surface area contributed by atoms with E-state index in [0.29, 0.717) is 25.2 Å². The molecule has 0 aromatic heterocycles. The van der Waals surface area contributed by atoms with Crippen molar-refractivity contribution in [2.75, 3.05) is 10.6 Å². The molecule has 0 saturated carbocycles. The number of aryl methyl sites for hydroxylation is 2. The molecule has 0 N–H and O–H groups in total.